The normalized spacial score (nSPS) is 46.0. The van der Waals surface area contributed by atoms with Crippen LogP contribution in [0.1, 0.15) is 38.5 Å². The highest BCUT2D eigenvalue weighted by atomic mass is 16.8. The molecule has 15 atom stereocenters. The van der Waals surface area contributed by atoms with Crippen molar-refractivity contribution in [1.82, 2.24) is 0 Å². The first-order chi connectivity index (χ1) is 20.6. The molecule has 0 aromatic carbocycles. The van der Waals surface area contributed by atoms with Crippen molar-refractivity contribution < 1.29 is 54.0 Å². The number of ether oxygens (including phenoxy) is 6. The van der Waals surface area contributed by atoms with E-state index in [0.29, 0.717) is 32.1 Å². The van der Waals surface area contributed by atoms with Crippen LogP contribution in [0.25, 0.3) is 0 Å². The van der Waals surface area contributed by atoms with Gasteiger partial charge in [-0.1, -0.05) is 0 Å². The van der Waals surface area contributed by atoms with Gasteiger partial charge in [0.15, 0.2) is 18.9 Å². The molecule has 0 spiro atoms. The molecule has 0 radical (unpaired) electrons. The van der Waals surface area contributed by atoms with E-state index in [4.69, 9.17) is 57.1 Å². The van der Waals surface area contributed by atoms with Crippen molar-refractivity contribution in [3.63, 3.8) is 0 Å². The monoisotopic (exact) mass is 623 g/mol. The largest absolute Gasteiger partial charge is 0.396 e. The molecular weight excluding hydrogens is 570 g/mol. The summed E-state index contributed by atoms with van der Waals surface area (Å²) >= 11 is 0. The quantitative estimate of drug-likeness (QED) is 0.0925. The maximum absolute atomic E-state index is 11.6. The zero-order chi connectivity index (χ0) is 31.3. The minimum absolute atomic E-state index is 0.257. The standard InChI is InChI=1S/C27H53N5O11/c28-7-14-1-3-16(30)25(38-14)41-22-18(32)6-13(5-12(9-33)10-34)20(36)24(22)43-27-21(37)23(19(11-35)40-27)42-26-17(31)4-2-15(8-29)39-26/h12-27,33-37H,1-11,28-32H2/t13-,14+,15-,16-,17-,18+,19-,20+,21-,22-,23-,24-,25-,26-,27+/m1/s1. The maximum atomic E-state index is 11.6. The maximum Gasteiger partial charge on any atom is 0.187 e. The summed E-state index contributed by atoms with van der Waals surface area (Å²) in [5.74, 6) is -0.963. The molecule has 43 heavy (non-hydrogen) atoms. The molecule has 0 bridgehead atoms. The number of rotatable bonds is 13. The van der Waals surface area contributed by atoms with E-state index < -0.39 is 92.1 Å². The molecule has 16 nitrogen and oxygen atoms in total. The molecule has 0 unspecified atom stereocenters. The smallest absolute Gasteiger partial charge is 0.187 e. The van der Waals surface area contributed by atoms with Crippen LogP contribution in [-0.2, 0) is 28.4 Å². The van der Waals surface area contributed by atoms with Gasteiger partial charge in [0.2, 0.25) is 0 Å². The molecule has 4 aliphatic rings. The summed E-state index contributed by atoms with van der Waals surface area (Å²) in [4.78, 5) is 0. The Balaban J connectivity index is 1.52. The van der Waals surface area contributed by atoms with Gasteiger partial charge in [0.05, 0.1) is 37.0 Å². The summed E-state index contributed by atoms with van der Waals surface area (Å²) in [6.45, 7) is -0.488. The van der Waals surface area contributed by atoms with Gasteiger partial charge in [-0.3, -0.25) is 0 Å². The molecule has 1 aliphatic carbocycles. The highest BCUT2D eigenvalue weighted by molar-refractivity contribution is 5.00. The Labute approximate surface area is 252 Å². The fourth-order valence-corrected chi connectivity index (χ4v) is 6.49. The third-order valence-corrected chi connectivity index (χ3v) is 9.16. The molecule has 15 N–H and O–H groups in total. The predicted molar refractivity (Wildman–Crippen MR) is 151 cm³/mol. The zero-order valence-corrected chi connectivity index (χ0v) is 24.6. The second kappa shape index (κ2) is 16.3. The molecule has 3 heterocycles. The predicted octanol–water partition coefficient (Wildman–Crippen LogP) is -4.50. The van der Waals surface area contributed by atoms with Crippen molar-refractivity contribution in [2.75, 3.05) is 32.9 Å². The van der Waals surface area contributed by atoms with E-state index in [1.54, 1.807) is 0 Å². The number of aliphatic hydroxyl groups excluding tert-OH is 5. The summed E-state index contributed by atoms with van der Waals surface area (Å²) in [5.41, 5.74) is 30.7. The van der Waals surface area contributed by atoms with Gasteiger partial charge < -0.3 is 82.6 Å². The van der Waals surface area contributed by atoms with Crippen LogP contribution in [0.2, 0.25) is 0 Å². The van der Waals surface area contributed by atoms with Gasteiger partial charge in [-0.15, -0.1) is 0 Å². The highest BCUT2D eigenvalue weighted by Gasteiger charge is 2.53. The first-order valence-corrected chi connectivity index (χ1v) is 15.4. The summed E-state index contributed by atoms with van der Waals surface area (Å²) < 4.78 is 36.2. The fraction of sp³-hybridized carbons (Fsp3) is 1.00. The summed E-state index contributed by atoms with van der Waals surface area (Å²) in [5, 5.41) is 52.2. The molecule has 0 amide bonds. The van der Waals surface area contributed by atoms with Gasteiger partial charge in [-0.05, 0) is 44.4 Å². The van der Waals surface area contributed by atoms with Gasteiger partial charge in [0.25, 0.3) is 0 Å². The van der Waals surface area contributed by atoms with E-state index in [9.17, 15) is 25.5 Å². The van der Waals surface area contributed by atoms with Crippen molar-refractivity contribution in [2.45, 2.75) is 124 Å². The Hall–Kier alpha value is -0.640. The molecule has 252 valence electrons. The van der Waals surface area contributed by atoms with E-state index >= 15 is 0 Å². The Kier molecular flexibility index (Phi) is 13.3. The Morgan fingerprint density at radius 2 is 1.19 bits per heavy atom. The van der Waals surface area contributed by atoms with E-state index in [2.05, 4.69) is 0 Å². The first-order valence-electron chi connectivity index (χ1n) is 15.4. The van der Waals surface area contributed by atoms with Crippen molar-refractivity contribution in [3.05, 3.63) is 0 Å². The van der Waals surface area contributed by atoms with Crippen molar-refractivity contribution in [2.24, 2.45) is 40.5 Å². The van der Waals surface area contributed by atoms with E-state index in [1.165, 1.54) is 0 Å². The topological polar surface area (TPSA) is 287 Å². The van der Waals surface area contributed by atoms with Crippen LogP contribution in [-0.4, -0.2) is 144 Å². The van der Waals surface area contributed by atoms with Gasteiger partial charge in [0.1, 0.15) is 30.5 Å². The minimum Gasteiger partial charge on any atom is -0.396 e. The number of nitrogens with two attached hydrogens (primary N) is 5. The Morgan fingerprint density at radius 3 is 1.70 bits per heavy atom. The summed E-state index contributed by atoms with van der Waals surface area (Å²) in [6.07, 6.45) is -7.26. The van der Waals surface area contributed by atoms with Crippen LogP contribution in [0.5, 0.6) is 0 Å². The van der Waals surface area contributed by atoms with Gasteiger partial charge in [-0.2, -0.15) is 0 Å². The molecule has 4 rings (SSSR count). The molecule has 1 saturated carbocycles. The van der Waals surface area contributed by atoms with Gasteiger partial charge in [0, 0.05) is 38.3 Å². The van der Waals surface area contributed by atoms with Crippen LogP contribution < -0.4 is 28.7 Å². The van der Waals surface area contributed by atoms with Crippen molar-refractivity contribution in [1.29, 1.82) is 0 Å². The summed E-state index contributed by atoms with van der Waals surface area (Å²) in [6, 6.07) is -1.62. The zero-order valence-electron chi connectivity index (χ0n) is 24.6. The van der Waals surface area contributed by atoms with Crippen molar-refractivity contribution >= 4 is 0 Å². The van der Waals surface area contributed by atoms with Gasteiger partial charge in [-0.25, -0.2) is 0 Å². The molecule has 4 fully saturated rings. The highest BCUT2D eigenvalue weighted by Crippen LogP contribution is 2.37. The molecule has 3 aliphatic heterocycles. The lowest BCUT2D eigenvalue weighted by Gasteiger charge is -2.47. The number of hydrogen-bond acceptors (Lipinski definition) is 16. The molecule has 3 saturated heterocycles. The SMILES string of the molecule is NC[C@@H]1CC[C@@H](N)[C@@H](O[C@H]2[C@H](O[C@@H]3O[C@H](CO)[C@@H](O[C@H]4O[C@@H](CN)CC[C@H]4N)[C@H]3O)[C@@H](O)[C@H](CC(CO)CO)C[C@@H]2N)O1. The minimum atomic E-state index is -1.41. The number of aliphatic hydroxyl groups is 5. The van der Waals surface area contributed by atoms with Crippen LogP contribution >= 0.6 is 0 Å². The van der Waals surface area contributed by atoms with E-state index in [1.807, 2.05) is 0 Å². The van der Waals surface area contributed by atoms with Crippen LogP contribution in [0.15, 0.2) is 0 Å². The lowest BCUT2D eigenvalue weighted by atomic mass is 9.75. The van der Waals surface area contributed by atoms with E-state index in [0.717, 1.165) is 0 Å². The lowest BCUT2D eigenvalue weighted by molar-refractivity contribution is -0.292. The molecule has 16 heteroatoms. The average Bonchev–Trinajstić information content (AvgIpc) is 3.31. The third kappa shape index (κ3) is 8.40. The second-order valence-electron chi connectivity index (χ2n) is 12.3. The number of hydrogen-bond donors (Lipinski definition) is 10. The lowest BCUT2D eigenvalue weighted by Crippen LogP contribution is -2.62. The molecule has 0 aromatic heterocycles. The Morgan fingerprint density at radius 1 is 0.651 bits per heavy atom. The van der Waals surface area contributed by atoms with Gasteiger partial charge >= 0.3 is 0 Å². The molecular formula is C27H53N5O11. The first kappa shape index (κ1) is 35.2. The van der Waals surface area contributed by atoms with Crippen LogP contribution in [0, 0.1) is 11.8 Å². The average molecular weight is 624 g/mol. The molecule has 0 aromatic rings. The Bertz CT molecular complexity index is 834. The van der Waals surface area contributed by atoms with Crippen LogP contribution in [0.3, 0.4) is 0 Å². The third-order valence-electron chi connectivity index (χ3n) is 9.16. The van der Waals surface area contributed by atoms with Crippen molar-refractivity contribution in [3.8, 4) is 0 Å². The fourth-order valence-electron chi connectivity index (χ4n) is 6.49. The van der Waals surface area contributed by atoms with E-state index in [-0.39, 0.29) is 44.9 Å². The van der Waals surface area contributed by atoms with Crippen LogP contribution in [0.4, 0.5) is 0 Å². The summed E-state index contributed by atoms with van der Waals surface area (Å²) in [7, 11) is 0. The second-order valence-corrected chi connectivity index (χ2v) is 12.3.